The predicted octanol–water partition coefficient (Wildman–Crippen LogP) is 6.33. The van der Waals surface area contributed by atoms with Gasteiger partial charge in [0, 0.05) is 49.5 Å². The molecule has 0 unspecified atom stereocenters. The van der Waals surface area contributed by atoms with Crippen LogP contribution in [0.15, 0.2) is 76.8 Å². The average Bonchev–Trinajstić information content (AvgIpc) is 3.66. The molecule has 2 aliphatic rings. The van der Waals surface area contributed by atoms with Crippen LogP contribution < -0.4 is 5.56 Å². The molecule has 1 aliphatic heterocycles. The smallest absolute Gasteiger partial charge is 0.320 e. The van der Waals surface area contributed by atoms with Gasteiger partial charge in [0.1, 0.15) is 17.7 Å². The summed E-state index contributed by atoms with van der Waals surface area (Å²) in [5, 5.41) is 17.3. The van der Waals surface area contributed by atoms with Crippen LogP contribution in [0.1, 0.15) is 67.2 Å². The molecule has 7 rings (SSSR count). The van der Waals surface area contributed by atoms with E-state index in [-0.39, 0.29) is 28.7 Å². The Hall–Kier alpha value is -4.74. The number of aromatic nitrogens is 5. The first kappa shape index (κ1) is 34.7. The Balaban J connectivity index is 1.46. The normalized spacial score (nSPS) is 21.4. The van der Waals surface area contributed by atoms with Crippen LogP contribution in [0.25, 0.3) is 16.6 Å². The largest absolute Gasteiger partial charge is 0.418 e. The minimum absolute atomic E-state index is 0.0560. The van der Waals surface area contributed by atoms with E-state index in [1.807, 2.05) is 11.0 Å². The molecule has 1 saturated heterocycles. The molecular formula is C37H38F3N7O3S. The van der Waals surface area contributed by atoms with Crippen molar-refractivity contribution in [3.63, 3.8) is 0 Å². The monoisotopic (exact) mass is 717 g/mol. The van der Waals surface area contributed by atoms with Gasteiger partial charge < -0.3 is 4.57 Å². The number of aryl methyl sites for hydroxylation is 2. The third-order valence-corrected chi connectivity index (χ3v) is 12.2. The van der Waals surface area contributed by atoms with Crippen LogP contribution >= 0.6 is 0 Å². The van der Waals surface area contributed by atoms with Crippen molar-refractivity contribution in [1.29, 1.82) is 5.26 Å². The third kappa shape index (κ3) is 6.06. The number of piperidine rings is 1. The number of likely N-dealkylation sites (tertiary alicyclic amines) is 1. The molecule has 14 heteroatoms. The summed E-state index contributed by atoms with van der Waals surface area (Å²) in [6.07, 6.45) is 0.764. The quantitative estimate of drug-likeness (QED) is 0.184. The van der Waals surface area contributed by atoms with Gasteiger partial charge in [-0.2, -0.15) is 18.4 Å². The van der Waals surface area contributed by atoms with Crippen molar-refractivity contribution in [1.82, 2.24) is 28.2 Å². The molecule has 1 saturated carbocycles. The van der Waals surface area contributed by atoms with Crippen LogP contribution in [0, 0.1) is 30.1 Å². The fourth-order valence-corrected chi connectivity index (χ4v) is 9.55. The van der Waals surface area contributed by atoms with Crippen LogP contribution in [0.5, 0.6) is 0 Å². The first-order valence-electron chi connectivity index (χ1n) is 17.0. The number of pyridine rings is 1. The van der Waals surface area contributed by atoms with E-state index in [9.17, 15) is 18.5 Å². The summed E-state index contributed by atoms with van der Waals surface area (Å²) >= 11 is 0. The molecule has 4 heterocycles. The van der Waals surface area contributed by atoms with Crippen LogP contribution in [0.4, 0.5) is 13.2 Å². The highest BCUT2D eigenvalue weighted by Gasteiger charge is 2.50. The highest BCUT2D eigenvalue weighted by atomic mass is 32.2. The van der Waals surface area contributed by atoms with E-state index < -0.39 is 43.6 Å². The SMILES string of the molecule is Cc1ccc(S(=O)(=O)n2c(CN3CCC[C@H](C)C3)cc3c(C(F)(F)F)cn(-c4cccc(C5(c6nncn6C)CC(CC#N)C5)c4)c(=O)c32)cc1. The van der Waals surface area contributed by atoms with Gasteiger partial charge in [0.2, 0.25) is 0 Å². The fourth-order valence-electron chi connectivity index (χ4n) is 8.02. The number of hydrogen-bond acceptors (Lipinski definition) is 7. The van der Waals surface area contributed by atoms with Gasteiger partial charge in [-0.1, -0.05) is 36.8 Å². The Morgan fingerprint density at radius 1 is 1.10 bits per heavy atom. The topological polar surface area (TPSA) is 119 Å². The standard InChI is InChI=1S/C37H38F3N7O3S/c1-24-9-11-30(12-10-24)51(49,50)47-29(21-45-15-5-6-25(2)20-45)17-31-32(37(38,39)40)22-46(34(48)33(31)47)28-8-4-7-27(16-28)36(18-26(19-36)13-14-41)35-43-42-23-44(35)3/h4,7-12,16-17,22-23,25-26H,5-6,13,15,18-21H2,1-3H3/t25-,26?,36?/m0/s1. The minimum Gasteiger partial charge on any atom is -0.320 e. The van der Waals surface area contributed by atoms with Crippen molar-refractivity contribution >= 4 is 20.9 Å². The van der Waals surface area contributed by atoms with Crippen molar-refractivity contribution in [3.05, 3.63) is 106 Å². The highest BCUT2D eigenvalue weighted by molar-refractivity contribution is 7.90. The van der Waals surface area contributed by atoms with Crippen LogP contribution in [0.2, 0.25) is 0 Å². The zero-order valence-corrected chi connectivity index (χ0v) is 29.4. The second-order valence-electron chi connectivity index (χ2n) is 14.2. The number of hydrogen-bond donors (Lipinski definition) is 0. The summed E-state index contributed by atoms with van der Waals surface area (Å²) < 4.78 is 77.5. The van der Waals surface area contributed by atoms with Crippen molar-refractivity contribution in [3.8, 4) is 11.8 Å². The summed E-state index contributed by atoms with van der Waals surface area (Å²) in [4.78, 5) is 16.5. The molecule has 1 atom stereocenters. The Labute approximate surface area is 293 Å². The molecule has 0 spiro atoms. The Morgan fingerprint density at radius 3 is 2.49 bits per heavy atom. The van der Waals surface area contributed by atoms with E-state index in [0.717, 1.165) is 33.1 Å². The van der Waals surface area contributed by atoms with E-state index in [1.54, 1.807) is 49.1 Å². The molecular weight excluding hydrogens is 680 g/mol. The van der Waals surface area contributed by atoms with Gasteiger partial charge in [0.05, 0.1) is 21.9 Å². The van der Waals surface area contributed by atoms with Gasteiger partial charge in [0.25, 0.3) is 15.6 Å². The number of halogens is 3. The summed E-state index contributed by atoms with van der Waals surface area (Å²) in [5.41, 5.74) is -1.51. The first-order valence-corrected chi connectivity index (χ1v) is 18.4. The van der Waals surface area contributed by atoms with Crippen molar-refractivity contribution in [2.24, 2.45) is 18.9 Å². The molecule has 266 valence electrons. The van der Waals surface area contributed by atoms with Gasteiger partial charge in [-0.3, -0.25) is 14.3 Å². The molecule has 0 N–H and O–H groups in total. The van der Waals surface area contributed by atoms with Gasteiger partial charge in [-0.15, -0.1) is 10.2 Å². The molecule has 10 nitrogen and oxygen atoms in total. The highest BCUT2D eigenvalue weighted by Crippen LogP contribution is 2.53. The Bertz CT molecular complexity index is 2330. The number of nitriles is 1. The lowest BCUT2D eigenvalue weighted by molar-refractivity contribution is -0.136. The fraction of sp³-hybridized carbons (Fsp3) is 0.405. The number of fused-ring (bicyclic) bond motifs is 1. The van der Waals surface area contributed by atoms with Gasteiger partial charge in [-0.05, 0) is 86.9 Å². The van der Waals surface area contributed by atoms with E-state index in [0.29, 0.717) is 49.7 Å². The zero-order valence-electron chi connectivity index (χ0n) is 28.6. The lowest BCUT2D eigenvalue weighted by Crippen LogP contribution is -2.44. The van der Waals surface area contributed by atoms with Crippen LogP contribution in [-0.4, -0.2) is 49.7 Å². The lowest BCUT2D eigenvalue weighted by Gasteiger charge is -2.46. The molecule has 0 bridgehead atoms. The average molecular weight is 718 g/mol. The minimum atomic E-state index is -4.92. The van der Waals surface area contributed by atoms with Gasteiger partial charge in [0.15, 0.2) is 0 Å². The molecule has 0 amide bonds. The van der Waals surface area contributed by atoms with E-state index in [2.05, 4.69) is 23.2 Å². The first-order chi connectivity index (χ1) is 24.2. The summed E-state index contributed by atoms with van der Waals surface area (Å²) in [6.45, 7) is 5.25. The van der Waals surface area contributed by atoms with Crippen molar-refractivity contribution in [2.75, 3.05) is 13.1 Å². The molecule has 3 aromatic heterocycles. The van der Waals surface area contributed by atoms with Crippen molar-refractivity contribution < 1.29 is 21.6 Å². The predicted molar refractivity (Wildman–Crippen MR) is 185 cm³/mol. The number of benzene rings is 2. The second-order valence-corrected chi connectivity index (χ2v) is 16.0. The second kappa shape index (κ2) is 12.8. The summed E-state index contributed by atoms with van der Waals surface area (Å²) in [6, 6.07) is 16.2. The molecule has 0 radical (unpaired) electrons. The molecule has 2 fully saturated rings. The number of alkyl halides is 3. The number of nitrogens with zero attached hydrogens (tertiary/aromatic N) is 7. The third-order valence-electron chi connectivity index (χ3n) is 10.5. The van der Waals surface area contributed by atoms with Gasteiger partial charge in [-0.25, -0.2) is 12.4 Å². The zero-order chi connectivity index (χ0) is 36.3. The van der Waals surface area contributed by atoms with Gasteiger partial charge >= 0.3 is 6.18 Å². The lowest BCUT2D eigenvalue weighted by atomic mass is 9.57. The molecule has 2 aromatic carbocycles. The summed E-state index contributed by atoms with van der Waals surface area (Å²) in [7, 11) is -2.72. The van der Waals surface area contributed by atoms with Crippen molar-refractivity contribution in [2.45, 2.75) is 69.0 Å². The Morgan fingerprint density at radius 2 is 1.84 bits per heavy atom. The maximum atomic E-state index is 15.0. The van der Waals surface area contributed by atoms with E-state index >= 15 is 13.2 Å². The van der Waals surface area contributed by atoms with Crippen LogP contribution in [0.3, 0.4) is 0 Å². The molecule has 51 heavy (non-hydrogen) atoms. The molecule has 1 aliphatic carbocycles. The van der Waals surface area contributed by atoms with E-state index in [4.69, 9.17) is 0 Å². The molecule has 5 aromatic rings. The van der Waals surface area contributed by atoms with E-state index in [1.165, 1.54) is 24.3 Å². The van der Waals surface area contributed by atoms with Crippen LogP contribution in [-0.2, 0) is 35.2 Å². The Kier molecular flexibility index (Phi) is 8.70. The maximum Gasteiger partial charge on any atom is 0.418 e. The summed E-state index contributed by atoms with van der Waals surface area (Å²) in [5.74, 6) is 1.06. The maximum absolute atomic E-state index is 15.0. The number of rotatable bonds is 8.